The minimum Gasteiger partial charge on any atom is -0.493 e. The van der Waals surface area contributed by atoms with E-state index in [2.05, 4.69) is 0 Å². The maximum Gasteiger partial charge on any atom is 0.162 e. The normalized spacial score (nSPS) is 11.6. The van der Waals surface area contributed by atoms with Gasteiger partial charge in [-0.1, -0.05) is 0 Å². The molecule has 86 valence electrons. The van der Waals surface area contributed by atoms with E-state index in [1.807, 2.05) is 6.07 Å². The van der Waals surface area contributed by atoms with E-state index >= 15 is 0 Å². The molecular weight excluding hydrogens is 230 g/mol. The van der Waals surface area contributed by atoms with Crippen molar-refractivity contribution in [2.24, 2.45) is 0 Å². The van der Waals surface area contributed by atoms with Crippen molar-refractivity contribution in [2.45, 2.75) is 6.10 Å². The molecule has 0 aliphatic rings. The average Bonchev–Trinajstić information content (AvgIpc) is 2.35. The number of hydrogen-bond donors (Lipinski definition) is 1. The first kappa shape index (κ1) is 12.6. The van der Waals surface area contributed by atoms with E-state index in [0.717, 1.165) is 0 Å². The zero-order valence-corrected chi connectivity index (χ0v) is 9.57. The molecule has 0 fully saturated rings. The van der Waals surface area contributed by atoms with Crippen LogP contribution in [0.25, 0.3) is 0 Å². The number of aliphatic hydroxyl groups is 1. The van der Waals surface area contributed by atoms with E-state index in [9.17, 15) is 5.11 Å². The standard InChI is InChI=1S/C11H12ClNO3/c1-15-11-4-8(6-13)2-3-10(11)16-7-9(14)5-12/h2-4,9,14H,5,7H2,1H3. The Hall–Kier alpha value is -1.44. The molecule has 0 aliphatic heterocycles. The molecule has 0 amide bonds. The molecule has 0 saturated carbocycles. The number of alkyl halides is 1. The van der Waals surface area contributed by atoms with Crippen molar-refractivity contribution in [1.29, 1.82) is 5.26 Å². The van der Waals surface area contributed by atoms with Crippen LogP contribution in [0.15, 0.2) is 18.2 Å². The summed E-state index contributed by atoms with van der Waals surface area (Å²) in [5, 5.41) is 17.9. The molecule has 5 heteroatoms. The summed E-state index contributed by atoms with van der Waals surface area (Å²) in [7, 11) is 1.49. The van der Waals surface area contributed by atoms with Crippen molar-refractivity contribution in [3.8, 4) is 17.6 Å². The van der Waals surface area contributed by atoms with Crippen LogP contribution in [0.5, 0.6) is 11.5 Å². The number of nitriles is 1. The number of nitrogens with zero attached hydrogens (tertiary/aromatic N) is 1. The molecule has 0 saturated heterocycles. The fourth-order valence-corrected chi connectivity index (χ4v) is 1.18. The van der Waals surface area contributed by atoms with Crippen LogP contribution in [0.1, 0.15) is 5.56 Å². The van der Waals surface area contributed by atoms with Crippen LogP contribution in [-0.4, -0.2) is 30.8 Å². The lowest BCUT2D eigenvalue weighted by atomic mass is 10.2. The second-order valence-electron chi connectivity index (χ2n) is 3.10. The zero-order valence-electron chi connectivity index (χ0n) is 8.81. The van der Waals surface area contributed by atoms with Crippen LogP contribution >= 0.6 is 11.6 Å². The van der Waals surface area contributed by atoms with E-state index in [1.165, 1.54) is 7.11 Å². The van der Waals surface area contributed by atoms with E-state index in [1.54, 1.807) is 18.2 Å². The van der Waals surface area contributed by atoms with Gasteiger partial charge in [-0.05, 0) is 12.1 Å². The van der Waals surface area contributed by atoms with Crippen molar-refractivity contribution in [3.05, 3.63) is 23.8 Å². The van der Waals surface area contributed by atoms with Crippen LogP contribution in [0, 0.1) is 11.3 Å². The fraction of sp³-hybridized carbons (Fsp3) is 0.364. The van der Waals surface area contributed by atoms with Crippen LogP contribution < -0.4 is 9.47 Å². The van der Waals surface area contributed by atoms with Crippen LogP contribution in [0.3, 0.4) is 0 Å². The van der Waals surface area contributed by atoms with Gasteiger partial charge >= 0.3 is 0 Å². The van der Waals surface area contributed by atoms with Gasteiger partial charge in [-0.25, -0.2) is 0 Å². The summed E-state index contributed by atoms with van der Waals surface area (Å²) in [6.45, 7) is 0.0890. The highest BCUT2D eigenvalue weighted by Crippen LogP contribution is 2.27. The monoisotopic (exact) mass is 241 g/mol. The number of methoxy groups -OCH3 is 1. The minimum absolute atomic E-state index is 0.0890. The highest BCUT2D eigenvalue weighted by Gasteiger charge is 2.08. The van der Waals surface area contributed by atoms with Gasteiger partial charge in [0.15, 0.2) is 11.5 Å². The van der Waals surface area contributed by atoms with Crippen LogP contribution in [0.4, 0.5) is 0 Å². The highest BCUT2D eigenvalue weighted by molar-refractivity contribution is 6.18. The van der Waals surface area contributed by atoms with Gasteiger partial charge in [0.2, 0.25) is 0 Å². The predicted molar refractivity (Wildman–Crippen MR) is 59.9 cm³/mol. The summed E-state index contributed by atoms with van der Waals surface area (Å²) in [5.74, 6) is 1.05. The van der Waals surface area contributed by atoms with Crippen molar-refractivity contribution in [3.63, 3.8) is 0 Å². The number of hydrogen-bond acceptors (Lipinski definition) is 4. The summed E-state index contributed by atoms with van der Waals surface area (Å²) < 4.78 is 10.4. The quantitative estimate of drug-likeness (QED) is 0.795. The molecule has 1 rings (SSSR count). The molecule has 0 aliphatic carbocycles. The van der Waals surface area contributed by atoms with Crippen molar-refractivity contribution < 1.29 is 14.6 Å². The SMILES string of the molecule is COc1cc(C#N)ccc1OCC(O)CCl. The number of rotatable bonds is 5. The van der Waals surface area contributed by atoms with E-state index in [-0.39, 0.29) is 12.5 Å². The molecule has 1 atom stereocenters. The molecule has 1 aromatic rings. The van der Waals surface area contributed by atoms with Crippen molar-refractivity contribution in [2.75, 3.05) is 19.6 Å². The Morgan fingerprint density at radius 1 is 1.50 bits per heavy atom. The largest absolute Gasteiger partial charge is 0.493 e. The maximum atomic E-state index is 9.23. The Kier molecular flexibility index (Phi) is 4.90. The third kappa shape index (κ3) is 3.30. The topological polar surface area (TPSA) is 62.5 Å². The Morgan fingerprint density at radius 3 is 2.81 bits per heavy atom. The van der Waals surface area contributed by atoms with Gasteiger partial charge in [0.1, 0.15) is 12.7 Å². The van der Waals surface area contributed by atoms with Crippen molar-refractivity contribution >= 4 is 11.6 Å². The van der Waals surface area contributed by atoms with Gasteiger partial charge in [-0.15, -0.1) is 11.6 Å². The molecule has 0 spiro atoms. The van der Waals surface area contributed by atoms with Gasteiger partial charge in [-0.3, -0.25) is 0 Å². The first-order valence-electron chi connectivity index (χ1n) is 4.66. The van der Waals surface area contributed by atoms with Crippen LogP contribution in [-0.2, 0) is 0 Å². The number of aliphatic hydroxyl groups excluding tert-OH is 1. The number of benzene rings is 1. The predicted octanol–water partition coefficient (Wildman–Crippen LogP) is 1.55. The van der Waals surface area contributed by atoms with Gasteiger partial charge in [0, 0.05) is 6.07 Å². The van der Waals surface area contributed by atoms with E-state index in [0.29, 0.717) is 17.1 Å². The average molecular weight is 242 g/mol. The second kappa shape index (κ2) is 6.21. The third-order valence-electron chi connectivity index (χ3n) is 1.90. The molecule has 0 aromatic heterocycles. The lowest BCUT2D eigenvalue weighted by molar-refractivity contribution is 0.123. The van der Waals surface area contributed by atoms with Gasteiger partial charge < -0.3 is 14.6 Å². The summed E-state index contributed by atoms with van der Waals surface area (Å²) in [5.41, 5.74) is 0.488. The molecule has 4 nitrogen and oxygen atoms in total. The Labute approximate surface area is 99.0 Å². The summed E-state index contributed by atoms with van der Waals surface area (Å²) in [6, 6.07) is 6.81. The molecule has 0 heterocycles. The van der Waals surface area contributed by atoms with Gasteiger partial charge in [0.25, 0.3) is 0 Å². The first-order valence-corrected chi connectivity index (χ1v) is 5.19. The minimum atomic E-state index is -0.720. The van der Waals surface area contributed by atoms with Gasteiger partial charge in [-0.2, -0.15) is 5.26 Å². The molecule has 16 heavy (non-hydrogen) atoms. The smallest absolute Gasteiger partial charge is 0.162 e. The summed E-state index contributed by atoms with van der Waals surface area (Å²) in [6.07, 6.45) is -0.720. The maximum absolute atomic E-state index is 9.23. The van der Waals surface area contributed by atoms with Crippen LogP contribution in [0.2, 0.25) is 0 Å². The highest BCUT2D eigenvalue weighted by atomic mass is 35.5. The summed E-state index contributed by atoms with van der Waals surface area (Å²) >= 11 is 5.44. The van der Waals surface area contributed by atoms with Gasteiger partial charge in [0.05, 0.1) is 24.6 Å². The Balaban J connectivity index is 2.76. The molecule has 1 aromatic carbocycles. The molecule has 1 unspecified atom stereocenters. The van der Waals surface area contributed by atoms with E-state index in [4.69, 9.17) is 26.3 Å². The molecule has 0 bridgehead atoms. The third-order valence-corrected chi connectivity index (χ3v) is 2.26. The lowest BCUT2D eigenvalue weighted by Gasteiger charge is -2.12. The zero-order chi connectivity index (χ0) is 12.0. The van der Waals surface area contributed by atoms with E-state index < -0.39 is 6.10 Å². The fourth-order valence-electron chi connectivity index (χ4n) is 1.09. The number of halogens is 1. The molecule has 1 N–H and O–H groups in total. The summed E-state index contributed by atoms with van der Waals surface area (Å²) in [4.78, 5) is 0. The second-order valence-corrected chi connectivity index (χ2v) is 3.41. The lowest BCUT2D eigenvalue weighted by Crippen LogP contribution is -2.19. The number of ether oxygens (including phenoxy) is 2. The first-order chi connectivity index (χ1) is 7.71. The molecule has 0 radical (unpaired) electrons. The van der Waals surface area contributed by atoms with Crippen molar-refractivity contribution in [1.82, 2.24) is 0 Å². The Morgan fingerprint density at radius 2 is 2.25 bits per heavy atom. The molecular formula is C11H12ClNO3. The Bertz CT molecular complexity index is 389.